The van der Waals surface area contributed by atoms with Gasteiger partial charge in [-0.05, 0) is 42.8 Å². The van der Waals surface area contributed by atoms with Crippen molar-refractivity contribution in [2.45, 2.75) is 13.3 Å². The second-order valence-electron chi connectivity index (χ2n) is 4.25. The van der Waals surface area contributed by atoms with Crippen LogP contribution in [0.15, 0.2) is 42.7 Å². The predicted molar refractivity (Wildman–Crippen MR) is 72.1 cm³/mol. The number of rotatable bonds is 2. The Morgan fingerprint density at radius 1 is 1.00 bits per heavy atom. The van der Waals surface area contributed by atoms with E-state index in [2.05, 4.69) is 15.0 Å². The molecule has 3 aromatic rings. The smallest absolute Gasteiger partial charge is 0.123 e. The van der Waals surface area contributed by atoms with Gasteiger partial charge in [0.15, 0.2) is 0 Å². The maximum Gasteiger partial charge on any atom is 0.123 e. The van der Waals surface area contributed by atoms with E-state index in [0.29, 0.717) is 0 Å². The maximum atomic E-state index is 12.9. The second kappa shape index (κ2) is 4.72. The summed E-state index contributed by atoms with van der Waals surface area (Å²) in [5.41, 5.74) is 4.25. The molecule has 0 aliphatic heterocycles. The first kappa shape index (κ1) is 11.7. The van der Waals surface area contributed by atoms with Gasteiger partial charge in [0.1, 0.15) is 17.7 Å². The summed E-state index contributed by atoms with van der Waals surface area (Å²) in [4.78, 5) is 13.0. The van der Waals surface area contributed by atoms with Gasteiger partial charge in [0.05, 0.1) is 16.9 Å². The van der Waals surface area contributed by atoms with E-state index in [1.54, 1.807) is 18.5 Å². The molecule has 2 aromatic heterocycles. The molecule has 0 radical (unpaired) electrons. The first-order chi connectivity index (χ1) is 9.28. The van der Waals surface area contributed by atoms with Crippen molar-refractivity contribution in [1.29, 1.82) is 0 Å². The topological polar surface area (TPSA) is 38.7 Å². The summed E-state index contributed by atoms with van der Waals surface area (Å²) >= 11 is 0. The zero-order valence-electron chi connectivity index (χ0n) is 10.5. The lowest BCUT2D eigenvalue weighted by Crippen LogP contribution is -1.95. The van der Waals surface area contributed by atoms with Crippen LogP contribution in [0.1, 0.15) is 12.6 Å². The molecule has 0 aliphatic rings. The Hall–Kier alpha value is -2.36. The van der Waals surface area contributed by atoms with Crippen LogP contribution in [0.25, 0.3) is 22.3 Å². The van der Waals surface area contributed by atoms with Gasteiger partial charge < -0.3 is 0 Å². The number of nitrogens with zero attached hydrogens (tertiary/aromatic N) is 3. The van der Waals surface area contributed by atoms with Crippen molar-refractivity contribution in [1.82, 2.24) is 15.0 Å². The maximum absolute atomic E-state index is 12.9. The number of hydrogen-bond acceptors (Lipinski definition) is 3. The summed E-state index contributed by atoms with van der Waals surface area (Å²) in [6.07, 6.45) is 2.36. The molecule has 0 unspecified atom stereocenters. The lowest BCUT2D eigenvalue weighted by molar-refractivity contribution is 0.628. The molecule has 0 saturated heterocycles. The van der Waals surface area contributed by atoms with Crippen LogP contribution in [0, 0.1) is 5.82 Å². The monoisotopic (exact) mass is 253 g/mol. The minimum Gasteiger partial charge on any atom is -0.244 e. The molecule has 0 atom stereocenters. The highest BCUT2D eigenvalue weighted by atomic mass is 19.1. The fourth-order valence-electron chi connectivity index (χ4n) is 2.03. The van der Waals surface area contributed by atoms with Gasteiger partial charge in [-0.15, -0.1) is 0 Å². The molecule has 0 N–H and O–H groups in total. The van der Waals surface area contributed by atoms with E-state index in [9.17, 15) is 4.39 Å². The third-order valence-corrected chi connectivity index (χ3v) is 3.03. The fraction of sp³-hybridized carbons (Fsp3) is 0.133. The SMILES string of the molecule is CCc1ncnc2ccc(-c3ccc(F)cc3)nc12. The third kappa shape index (κ3) is 2.17. The highest BCUT2D eigenvalue weighted by molar-refractivity contribution is 5.79. The van der Waals surface area contributed by atoms with E-state index in [-0.39, 0.29) is 5.82 Å². The average Bonchev–Trinajstić information content (AvgIpc) is 2.47. The highest BCUT2D eigenvalue weighted by Gasteiger charge is 2.06. The number of fused-ring (bicyclic) bond motifs is 1. The lowest BCUT2D eigenvalue weighted by Gasteiger charge is -2.05. The van der Waals surface area contributed by atoms with Crippen LogP contribution < -0.4 is 0 Å². The molecule has 1 aromatic carbocycles. The highest BCUT2D eigenvalue weighted by Crippen LogP contribution is 2.21. The molecule has 0 bridgehead atoms. The van der Waals surface area contributed by atoms with Gasteiger partial charge in [-0.1, -0.05) is 6.92 Å². The zero-order valence-corrected chi connectivity index (χ0v) is 10.5. The Balaban J connectivity index is 2.18. The largest absolute Gasteiger partial charge is 0.244 e. The minimum absolute atomic E-state index is 0.248. The van der Waals surface area contributed by atoms with Crippen molar-refractivity contribution in [3.8, 4) is 11.3 Å². The van der Waals surface area contributed by atoms with E-state index in [4.69, 9.17) is 0 Å². The Kier molecular flexibility index (Phi) is 2.91. The van der Waals surface area contributed by atoms with E-state index in [1.807, 2.05) is 19.1 Å². The van der Waals surface area contributed by atoms with Crippen LogP contribution in [0.5, 0.6) is 0 Å². The van der Waals surface area contributed by atoms with Crippen LogP contribution in [0.3, 0.4) is 0 Å². The number of benzene rings is 1. The van der Waals surface area contributed by atoms with Gasteiger partial charge >= 0.3 is 0 Å². The molecule has 0 saturated carbocycles. The van der Waals surface area contributed by atoms with Crippen molar-refractivity contribution < 1.29 is 4.39 Å². The van der Waals surface area contributed by atoms with Gasteiger partial charge in [-0.25, -0.2) is 19.3 Å². The van der Waals surface area contributed by atoms with E-state index < -0.39 is 0 Å². The molecule has 3 rings (SSSR count). The molecular formula is C15H12FN3. The van der Waals surface area contributed by atoms with Crippen molar-refractivity contribution >= 4 is 11.0 Å². The summed E-state index contributed by atoms with van der Waals surface area (Å²) in [5.74, 6) is -0.248. The number of hydrogen-bond donors (Lipinski definition) is 0. The standard InChI is InChI=1S/C15H12FN3/c1-2-12-15-14(18-9-17-12)8-7-13(19-15)10-3-5-11(16)6-4-10/h3-9H,2H2,1H3. The van der Waals surface area contributed by atoms with Crippen LogP contribution in [0.2, 0.25) is 0 Å². The molecule has 94 valence electrons. The number of halogens is 1. The Morgan fingerprint density at radius 3 is 2.53 bits per heavy atom. The molecule has 0 amide bonds. The molecule has 0 fully saturated rings. The zero-order chi connectivity index (χ0) is 13.2. The molecule has 3 nitrogen and oxygen atoms in total. The molecular weight excluding hydrogens is 241 g/mol. The first-order valence-corrected chi connectivity index (χ1v) is 6.14. The van der Waals surface area contributed by atoms with E-state index >= 15 is 0 Å². The van der Waals surface area contributed by atoms with Gasteiger partial charge in [0, 0.05) is 5.56 Å². The van der Waals surface area contributed by atoms with Crippen molar-refractivity contribution in [2.75, 3.05) is 0 Å². The summed E-state index contributed by atoms with van der Waals surface area (Å²) < 4.78 is 12.9. The number of aryl methyl sites for hydroxylation is 1. The summed E-state index contributed by atoms with van der Waals surface area (Å²) in [5, 5.41) is 0. The summed E-state index contributed by atoms with van der Waals surface area (Å²) in [6.45, 7) is 2.04. The van der Waals surface area contributed by atoms with Crippen molar-refractivity contribution in [2.24, 2.45) is 0 Å². The summed E-state index contributed by atoms with van der Waals surface area (Å²) in [6, 6.07) is 10.1. The Morgan fingerprint density at radius 2 is 1.79 bits per heavy atom. The lowest BCUT2D eigenvalue weighted by atomic mass is 10.1. The van der Waals surface area contributed by atoms with Crippen molar-refractivity contribution in [3.05, 3.63) is 54.2 Å². The number of aromatic nitrogens is 3. The molecule has 2 heterocycles. The van der Waals surface area contributed by atoms with Gasteiger partial charge in [0.25, 0.3) is 0 Å². The van der Waals surface area contributed by atoms with Crippen LogP contribution in [-0.2, 0) is 6.42 Å². The molecule has 0 aliphatic carbocycles. The van der Waals surface area contributed by atoms with E-state index in [0.717, 1.165) is 34.4 Å². The summed E-state index contributed by atoms with van der Waals surface area (Å²) in [7, 11) is 0. The predicted octanol–water partition coefficient (Wildman–Crippen LogP) is 3.39. The van der Waals surface area contributed by atoms with Crippen molar-refractivity contribution in [3.63, 3.8) is 0 Å². The van der Waals surface area contributed by atoms with Crippen LogP contribution in [-0.4, -0.2) is 15.0 Å². The van der Waals surface area contributed by atoms with Crippen LogP contribution >= 0.6 is 0 Å². The first-order valence-electron chi connectivity index (χ1n) is 6.14. The second-order valence-corrected chi connectivity index (χ2v) is 4.25. The average molecular weight is 253 g/mol. The Bertz CT molecular complexity index is 723. The molecule has 0 spiro atoms. The minimum atomic E-state index is -0.248. The van der Waals surface area contributed by atoms with Crippen LogP contribution in [0.4, 0.5) is 4.39 Å². The third-order valence-electron chi connectivity index (χ3n) is 3.03. The Labute approximate surface area is 110 Å². The number of pyridine rings is 1. The normalized spacial score (nSPS) is 10.8. The fourth-order valence-corrected chi connectivity index (χ4v) is 2.03. The van der Waals surface area contributed by atoms with Gasteiger partial charge in [0.2, 0.25) is 0 Å². The van der Waals surface area contributed by atoms with Gasteiger partial charge in [-0.2, -0.15) is 0 Å². The molecule has 4 heteroatoms. The molecule has 19 heavy (non-hydrogen) atoms. The van der Waals surface area contributed by atoms with Gasteiger partial charge in [-0.3, -0.25) is 0 Å². The van der Waals surface area contributed by atoms with E-state index in [1.165, 1.54) is 12.1 Å². The quantitative estimate of drug-likeness (QED) is 0.702.